The molecule has 8 heteroatoms. The number of aliphatic hydroxyl groups is 5. The van der Waals surface area contributed by atoms with Crippen LogP contribution in [0.3, 0.4) is 0 Å². The second kappa shape index (κ2) is 6.74. The third-order valence-electron chi connectivity index (χ3n) is 2.22. The van der Waals surface area contributed by atoms with Crippen molar-refractivity contribution in [2.75, 3.05) is 6.61 Å². The molecule has 0 aliphatic rings. The van der Waals surface area contributed by atoms with Crippen LogP contribution in [0, 0.1) is 0 Å². The highest BCUT2D eigenvalue weighted by Gasteiger charge is 2.36. The minimum Gasteiger partial charge on any atom is -0.394 e. The number of rotatable bonds is 7. The Bertz CT molecular complexity index is 281. The SMILES string of the molecule is CC(O)C(=O)C(=O)[C@H](N)[C@@H](O)[C@H](O)[C@H](O)CO. The molecule has 0 aromatic carbocycles. The first-order valence-corrected chi connectivity index (χ1v) is 4.90. The van der Waals surface area contributed by atoms with Crippen molar-refractivity contribution in [3.63, 3.8) is 0 Å². The van der Waals surface area contributed by atoms with Gasteiger partial charge in [-0.25, -0.2) is 0 Å². The van der Waals surface area contributed by atoms with E-state index in [1.807, 2.05) is 0 Å². The highest BCUT2D eigenvalue weighted by Crippen LogP contribution is 2.05. The van der Waals surface area contributed by atoms with Crippen molar-refractivity contribution < 1.29 is 35.1 Å². The maximum absolute atomic E-state index is 11.3. The molecule has 7 N–H and O–H groups in total. The van der Waals surface area contributed by atoms with Gasteiger partial charge in [-0.05, 0) is 6.92 Å². The lowest BCUT2D eigenvalue weighted by Gasteiger charge is -2.25. The minimum absolute atomic E-state index is 0.844. The molecule has 0 aliphatic heterocycles. The molecule has 0 bridgehead atoms. The van der Waals surface area contributed by atoms with Gasteiger partial charge in [0.15, 0.2) is 0 Å². The van der Waals surface area contributed by atoms with Gasteiger partial charge in [-0.15, -0.1) is 0 Å². The lowest BCUT2D eigenvalue weighted by molar-refractivity contribution is -0.145. The van der Waals surface area contributed by atoms with Crippen LogP contribution < -0.4 is 5.73 Å². The lowest BCUT2D eigenvalue weighted by atomic mass is 9.95. The summed E-state index contributed by atoms with van der Waals surface area (Å²) < 4.78 is 0. The van der Waals surface area contributed by atoms with Gasteiger partial charge >= 0.3 is 0 Å². The Hall–Kier alpha value is -0.900. The smallest absolute Gasteiger partial charge is 0.228 e. The fraction of sp³-hybridized carbons (Fsp3) is 0.778. The molecule has 0 fully saturated rings. The number of ketones is 2. The van der Waals surface area contributed by atoms with Gasteiger partial charge < -0.3 is 31.3 Å². The molecular formula is C9H17NO7. The summed E-state index contributed by atoms with van der Waals surface area (Å²) in [5.74, 6) is -2.47. The summed E-state index contributed by atoms with van der Waals surface area (Å²) >= 11 is 0. The van der Waals surface area contributed by atoms with Gasteiger partial charge in [0, 0.05) is 0 Å². The Morgan fingerprint density at radius 2 is 1.53 bits per heavy atom. The van der Waals surface area contributed by atoms with E-state index in [1.165, 1.54) is 0 Å². The first kappa shape index (κ1) is 16.1. The summed E-state index contributed by atoms with van der Waals surface area (Å²) in [5.41, 5.74) is 5.21. The lowest BCUT2D eigenvalue weighted by Crippen LogP contribution is -2.55. The van der Waals surface area contributed by atoms with Crippen molar-refractivity contribution in [3.8, 4) is 0 Å². The Morgan fingerprint density at radius 1 is 1.06 bits per heavy atom. The van der Waals surface area contributed by atoms with Crippen LogP contribution in [0.1, 0.15) is 6.92 Å². The van der Waals surface area contributed by atoms with Crippen LogP contribution in [0.4, 0.5) is 0 Å². The summed E-state index contributed by atoms with van der Waals surface area (Å²) in [6.45, 7) is 0.210. The molecule has 0 aromatic heterocycles. The zero-order valence-corrected chi connectivity index (χ0v) is 9.22. The Labute approximate surface area is 97.3 Å². The van der Waals surface area contributed by atoms with E-state index in [0.717, 1.165) is 6.92 Å². The average Bonchev–Trinajstić information content (AvgIpc) is 2.32. The van der Waals surface area contributed by atoms with E-state index < -0.39 is 48.6 Å². The third kappa shape index (κ3) is 4.11. The molecule has 0 spiro atoms. The van der Waals surface area contributed by atoms with Gasteiger partial charge in [0.25, 0.3) is 0 Å². The highest BCUT2D eigenvalue weighted by atomic mass is 16.4. The molecule has 100 valence electrons. The minimum atomic E-state index is -1.92. The zero-order chi connectivity index (χ0) is 13.7. The topological polar surface area (TPSA) is 161 Å². The van der Waals surface area contributed by atoms with Crippen LogP contribution in [0.2, 0.25) is 0 Å². The number of nitrogens with two attached hydrogens (primary N) is 1. The number of carbonyl (C=O) groups is 2. The van der Waals surface area contributed by atoms with E-state index in [2.05, 4.69) is 0 Å². The van der Waals surface area contributed by atoms with Crippen LogP contribution in [-0.2, 0) is 9.59 Å². The molecule has 17 heavy (non-hydrogen) atoms. The quantitative estimate of drug-likeness (QED) is 0.249. The van der Waals surface area contributed by atoms with Crippen LogP contribution in [0.5, 0.6) is 0 Å². The molecule has 0 radical (unpaired) electrons. The number of hydrogen-bond donors (Lipinski definition) is 6. The Morgan fingerprint density at radius 3 is 1.88 bits per heavy atom. The Kier molecular flexibility index (Phi) is 6.39. The summed E-state index contributed by atoms with van der Waals surface area (Å²) in [7, 11) is 0. The first-order valence-electron chi connectivity index (χ1n) is 4.90. The predicted molar refractivity (Wildman–Crippen MR) is 54.8 cm³/mol. The van der Waals surface area contributed by atoms with Crippen LogP contribution in [0.25, 0.3) is 0 Å². The number of aliphatic hydroxyl groups excluding tert-OH is 5. The highest BCUT2D eigenvalue weighted by molar-refractivity contribution is 6.40. The van der Waals surface area contributed by atoms with Gasteiger partial charge in [-0.1, -0.05) is 0 Å². The van der Waals surface area contributed by atoms with Crippen molar-refractivity contribution in [1.82, 2.24) is 0 Å². The summed E-state index contributed by atoms with van der Waals surface area (Å²) in [4.78, 5) is 22.4. The maximum Gasteiger partial charge on any atom is 0.228 e. The zero-order valence-electron chi connectivity index (χ0n) is 9.22. The van der Waals surface area contributed by atoms with Crippen molar-refractivity contribution in [3.05, 3.63) is 0 Å². The van der Waals surface area contributed by atoms with Crippen molar-refractivity contribution in [2.45, 2.75) is 37.4 Å². The molecule has 0 saturated heterocycles. The molecule has 8 nitrogen and oxygen atoms in total. The predicted octanol–water partition coefficient (Wildman–Crippen LogP) is -4.09. The number of carbonyl (C=O) groups excluding carboxylic acids is 2. The molecule has 0 rings (SSSR count). The average molecular weight is 251 g/mol. The Balaban J connectivity index is 4.65. The van der Waals surface area contributed by atoms with Crippen LogP contribution in [0.15, 0.2) is 0 Å². The van der Waals surface area contributed by atoms with E-state index in [1.54, 1.807) is 0 Å². The molecule has 0 heterocycles. The van der Waals surface area contributed by atoms with Crippen molar-refractivity contribution in [2.24, 2.45) is 5.73 Å². The van der Waals surface area contributed by atoms with Crippen molar-refractivity contribution >= 4 is 11.6 Å². The second-order valence-electron chi connectivity index (χ2n) is 3.66. The molecule has 5 atom stereocenters. The van der Waals surface area contributed by atoms with Gasteiger partial charge in [0.1, 0.15) is 30.5 Å². The van der Waals surface area contributed by atoms with Gasteiger partial charge in [-0.2, -0.15) is 0 Å². The second-order valence-corrected chi connectivity index (χ2v) is 3.66. The monoisotopic (exact) mass is 251 g/mol. The fourth-order valence-corrected chi connectivity index (χ4v) is 1.07. The third-order valence-corrected chi connectivity index (χ3v) is 2.22. The molecular weight excluding hydrogens is 234 g/mol. The van der Waals surface area contributed by atoms with E-state index in [4.69, 9.17) is 21.1 Å². The summed E-state index contributed by atoms with van der Waals surface area (Å²) in [6.07, 6.45) is -7.06. The van der Waals surface area contributed by atoms with Gasteiger partial charge in [-0.3, -0.25) is 9.59 Å². The molecule has 0 aromatic rings. The molecule has 0 saturated carbocycles. The van der Waals surface area contributed by atoms with E-state index >= 15 is 0 Å². The maximum atomic E-state index is 11.3. The van der Waals surface area contributed by atoms with E-state index in [0.29, 0.717) is 0 Å². The number of hydrogen-bond acceptors (Lipinski definition) is 8. The van der Waals surface area contributed by atoms with Crippen molar-refractivity contribution in [1.29, 1.82) is 0 Å². The summed E-state index contributed by atoms with van der Waals surface area (Å²) in [6, 6.07) is -1.78. The van der Waals surface area contributed by atoms with Gasteiger partial charge in [0.05, 0.1) is 6.61 Å². The van der Waals surface area contributed by atoms with Crippen LogP contribution in [-0.4, -0.2) is 74.2 Å². The fourth-order valence-electron chi connectivity index (χ4n) is 1.07. The van der Waals surface area contributed by atoms with Crippen LogP contribution >= 0.6 is 0 Å². The normalized spacial score (nSPS) is 20.2. The summed E-state index contributed by atoms with van der Waals surface area (Å²) in [5, 5.41) is 45.0. The standard InChI is InChI=1S/C9H17NO7/c1-3(12)6(14)8(16)5(10)9(17)7(15)4(13)2-11/h3-5,7,9,11-13,15,17H,2,10H2,1H3/t3?,4-,5+,7-,9-/m1/s1. The van der Waals surface area contributed by atoms with E-state index in [-0.39, 0.29) is 0 Å². The molecule has 1 unspecified atom stereocenters. The molecule has 0 aliphatic carbocycles. The first-order chi connectivity index (χ1) is 7.73. The largest absolute Gasteiger partial charge is 0.394 e. The van der Waals surface area contributed by atoms with Gasteiger partial charge in [0.2, 0.25) is 11.6 Å². The molecule has 0 amide bonds. The van der Waals surface area contributed by atoms with E-state index in [9.17, 15) is 19.8 Å². The number of Topliss-reactive ketones (excluding diaryl/α,β-unsaturated/α-hetero) is 2.